The van der Waals surface area contributed by atoms with E-state index in [9.17, 15) is 29.8 Å². The molecular weight excluding hydrogens is 474 g/mol. The molecule has 1 amide bonds. The van der Waals surface area contributed by atoms with Crippen LogP contribution in [0.3, 0.4) is 0 Å². The summed E-state index contributed by atoms with van der Waals surface area (Å²) in [6.45, 7) is 1.08. The number of esters is 1. The Morgan fingerprint density at radius 2 is 1.74 bits per heavy atom. The topological polar surface area (TPSA) is 169 Å². The third kappa shape index (κ3) is 5.63. The summed E-state index contributed by atoms with van der Waals surface area (Å²) < 4.78 is 11.6. The lowest BCUT2D eigenvalue weighted by Crippen LogP contribution is -2.21. The lowest BCUT2D eigenvalue weighted by atomic mass is 10.3. The van der Waals surface area contributed by atoms with Crippen molar-refractivity contribution >= 4 is 40.5 Å². The summed E-state index contributed by atoms with van der Waals surface area (Å²) in [5.74, 6) is -1.60. The van der Waals surface area contributed by atoms with Crippen LogP contribution < -0.4 is 10.1 Å². The maximum atomic E-state index is 12.3. The highest BCUT2D eigenvalue weighted by atomic mass is 35.5. The van der Waals surface area contributed by atoms with Crippen LogP contribution >= 0.6 is 11.6 Å². The third-order valence-electron chi connectivity index (χ3n) is 4.27. The predicted octanol–water partition coefficient (Wildman–Crippen LogP) is 3.54. The van der Waals surface area contributed by atoms with E-state index in [0.29, 0.717) is 5.69 Å². The van der Waals surface area contributed by atoms with Gasteiger partial charge < -0.3 is 14.8 Å². The molecule has 0 saturated carbocycles. The minimum absolute atomic E-state index is 0.0108. The number of halogens is 1. The smallest absolute Gasteiger partial charge is 0.362 e. The van der Waals surface area contributed by atoms with Gasteiger partial charge in [0.25, 0.3) is 17.3 Å². The Hall–Kier alpha value is -4.52. The summed E-state index contributed by atoms with van der Waals surface area (Å²) in [4.78, 5) is 45.2. The predicted molar refractivity (Wildman–Crippen MR) is 118 cm³/mol. The summed E-state index contributed by atoms with van der Waals surface area (Å²) in [7, 11) is 0. The molecule has 0 saturated heterocycles. The number of nitrogens with zero attached hydrogens (tertiary/aromatic N) is 4. The number of carbonyl (C=O) groups is 2. The largest absolute Gasteiger partial charge is 0.480 e. The van der Waals surface area contributed by atoms with Crippen LogP contribution in [-0.2, 0) is 9.53 Å². The van der Waals surface area contributed by atoms with Gasteiger partial charge in [0.15, 0.2) is 12.4 Å². The normalized spacial score (nSPS) is 10.4. The van der Waals surface area contributed by atoms with Crippen LogP contribution in [0.5, 0.6) is 5.75 Å². The molecule has 0 aliphatic heterocycles. The van der Waals surface area contributed by atoms with Gasteiger partial charge in [-0.2, -0.15) is 5.10 Å². The minimum Gasteiger partial charge on any atom is -0.480 e. The number of nitro benzene ring substituents is 2. The van der Waals surface area contributed by atoms with Crippen LogP contribution in [0.4, 0.5) is 17.1 Å². The molecule has 0 aliphatic carbocycles. The Labute approximate surface area is 196 Å². The molecule has 13 nitrogen and oxygen atoms in total. The second-order valence-electron chi connectivity index (χ2n) is 6.54. The van der Waals surface area contributed by atoms with Crippen LogP contribution in [0.1, 0.15) is 17.4 Å². The summed E-state index contributed by atoms with van der Waals surface area (Å²) >= 11 is 5.97. The zero-order chi connectivity index (χ0) is 24.8. The van der Waals surface area contributed by atoms with Crippen molar-refractivity contribution in [3.63, 3.8) is 0 Å². The first-order valence-electron chi connectivity index (χ1n) is 9.57. The van der Waals surface area contributed by atoms with Crippen molar-refractivity contribution in [2.45, 2.75) is 6.92 Å². The number of rotatable bonds is 9. The first-order valence-corrected chi connectivity index (χ1v) is 9.95. The van der Waals surface area contributed by atoms with E-state index < -0.39 is 28.3 Å². The number of non-ortho nitro benzene ring substituents is 2. The van der Waals surface area contributed by atoms with Crippen LogP contribution in [0, 0.1) is 20.2 Å². The Morgan fingerprint density at radius 1 is 1.09 bits per heavy atom. The zero-order valence-corrected chi connectivity index (χ0v) is 18.2. The maximum Gasteiger partial charge on any atom is 0.362 e. The second-order valence-corrected chi connectivity index (χ2v) is 6.95. The maximum absolute atomic E-state index is 12.3. The van der Waals surface area contributed by atoms with E-state index in [0.717, 1.165) is 6.07 Å². The number of nitro groups is 2. The molecule has 0 aliphatic rings. The minimum atomic E-state index is -0.805. The van der Waals surface area contributed by atoms with E-state index in [4.69, 9.17) is 21.1 Å². The molecule has 0 radical (unpaired) electrons. The lowest BCUT2D eigenvalue weighted by Gasteiger charge is -2.08. The molecule has 1 N–H and O–H groups in total. The summed E-state index contributed by atoms with van der Waals surface area (Å²) in [5, 5.41) is 28.3. The Morgan fingerprint density at radius 3 is 2.35 bits per heavy atom. The van der Waals surface area contributed by atoms with Gasteiger partial charge in [-0.05, 0) is 25.1 Å². The first-order chi connectivity index (χ1) is 16.2. The van der Waals surface area contributed by atoms with Gasteiger partial charge in [-0.15, -0.1) is 0 Å². The molecule has 1 aromatic heterocycles. The molecule has 34 heavy (non-hydrogen) atoms. The van der Waals surface area contributed by atoms with Gasteiger partial charge in [0.2, 0.25) is 5.69 Å². The van der Waals surface area contributed by atoms with Crippen molar-refractivity contribution in [1.29, 1.82) is 0 Å². The number of hydrogen-bond acceptors (Lipinski definition) is 9. The fourth-order valence-corrected chi connectivity index (χ4v) is 2.88. The highest BCUT2D eigenvalue weighted by Crippen LogP contribution is 2.27. The molecule has 0 unspecified atom stereocenters. The number of benzene rings is 2. The number of aromatic nitrogens is 2. The van der Waals surface area contributed by atoms with Gasteiger partial charge in [-0.3, -0.25) is 25.0 Å². The van der Waals surface area contributed by atoms with Gasteiger partial charge in [0, 0.05) is 24.3 Å². The summed E-state index contributed by atoms with van der Waals surface area (Å²) in [5.41, 5.74) is -0.221. The average Bonchev–Trinajstić information content (AvgIpc) is 3.23. The van der Waals surface area contributed by atoms with Crippen LogP contribution in [0.15, 0.2) is 48.7 Å². The van der Waals surface area contributed by atoms with Crippen molar-refractivity contribution in [2.75, 3.05) is 18.5 Å². The number of carbonyl (C=O) groups excluding carboxylic acids is 2. The van der Waals surface area contributed by atoms with Crippen LogP contribution in [0.25, 0.3) is 5.69 Å². The molecule has 3 rings (SSSR count). The van der Waals surface area contributed by atoms with Crippen molar-refractivity contribution in [3.8, 4) is 11.4 Å². The molecule has 0 spiro atoms. The Bertz CT molecular complexity index is 1260. The highest BCUT2D eigenvalue weighted by Gasteiger charge is 2.22. The zero-order valence-electron chi connectivity index (χ0n) is 17.5. The summed E-state index contributed by atoms with van der Waals surface area (Å²) in [6.07, 6.45) is 1.31. The molecule has 14 heteroatoms. The highest BCUT2D eigenvalue weighted by molar-refractivity contribution is 6.33. The molecule has 1 heterocycles. The van der Waals surface area contributed by atoms with Crippen molar-refractivity contribution < 1.29 is 28.9 Å². The van der Waals surface area contributed by atoms with Crippen molar-refractivity contribution in [1.82, 2.24) is 9.78 Å². The fraction of sp³-hybridized carbons (Fsp3) is 0.150. The Kier molecular flexibility index (Phi) is 7.38. The first kappa shape index (κ1) is 24.1. The molecule has 3 aromatic rings. The van der Waals surface area contributed by atoms with Crippen molar-refractivity contribution in [2.24, 2.45) is 0 Å². The SMILES string of the molecule is CCOC(=O)c1nn(-c2ccc([N+](=O)[O-])cc2)cc1OCC(=O)Nc1cc([N+](=O)[O-])ccc1Cl. The second kappa shape index (κ2) is 10.4. The van der Waals surface area contributed by atoms with Crippen LogP contribution in [0.2, 0.25) is 5.02 Å². The number of amides is 1. The van der Waals surface area contributed by atoms with Gasteiger partial charge in [-0.25, -0.2) is 9.48 Å². The van der Waals surface area contributed by atoms with E-state index in [2.05, 4.69) is 10.4 Å². The molecule has 0 atom stereocenters. The Balaban J connectivity index is 1.79. The fourth-order valence-electron chi connectivity index (χ4n) is 2.72. The molecule has 0 bridgehead atoms. The number of anilines is 1. The molecular formula is C20H16ClN5O8. The van der Waals surface area contributed by atoms with Gasteiger partial charge in [0.05, 0.1) is 39.0 Å². The van der Waals surface area contributed by atoms with Gasteiger partial charge in [0.1, 0.15) is 0 Å². The molecule has 176 valence electrons. The van der Waals surface area contributed by atoms with E-state index in [1.54, 1.807) is 6.92 Å². The number of hydrogen-bond donors (Lipinski definition) is 1. The molecule has 2 aromatic carbocycles. The van der Waals surface area contributed by atoms with E-state index in [1.165, 1.54) is 47.3 Å². The summed E-state index contributed by atoms with van der Waals surface area (Å²) in [6, 6.07) is 8.91. The van der Waals surface area contributed by atoms with Crippen molar-refractivity contribution in [3.05, 3.63) is 79.6 Å². The number of ether oxygens (including phenoxy) is 2. The van der Waals surface area contributed by atoms with Crippen LogP contribution in [-0.4, -0.2) is 44.7 Å². The average molecular weight is 490 g/mol. The standard InChI is InChI=1S/C20H16ClN5O8/c1-2-33-20(28)19-17(10-24(23-19)12-3-5-13(6-4-12)25(29)30)34-11-18(27)22-16-9-14(26(31)32)7-8-15(16)21/h3-10H,2,11H2,1H3,(H,22,27). The third-order valence-corrected chi connectivity index (χ3v) is 4.60. The number of nitrogens with one attached hydrogen (secondary N) is 1. The monoisotopic (exact) mass is 489 g/mol. The van der Waals surface area contributed by atoms with Gasteiger partial charge in [-0.1, -0.05) is 11.6 Å². The molecule has 0 fully saturated rings. The van der Waals surface area contributed by atoms with E-state index in [-0.39, 0.29) is 40.1 Å². The van der Waals surface area contributed by atoms with Gasteiger partial charge >= 0.3 is 5.97 Å². The quantitative estimate of drug-likeness (QED) is 0.268. The van der Waals surface area contributed by atoms with E-state index in [1.807, 2.05) is 0 Å². The van der Waals surface area contributed by atoms with E-state index >= 15 is 0 Å². The lowest BCUT2D eigenvalue weighted by molar-refractivity contribution is -0.385.